The molecular weight excluding hydrogens is 226 g/mol. The zero-order chi connectivity index (χ0) is 10.0. The molecule has 1 aromatic carbocycles. The molecule has 1 aromatic rings. The third-order valence-corrected chi connectivity index (χ3v) is 3.46. The average molecular weight is 242 g/mol. The fraction of sp³-hybridized carbons (Fsp3) is 0.455. The van der Waals surface area contributed by atoms with Crippen molar-refractivity contribution >= 4 is 15.9 Å². The van der Waals surface area contributed by atoms with E-state index >= 15 is 0 Å². The molecule has 13 heavy (non-hydrogen) atoms. The van der Waals surface area contributed by atoms with Gasteiger partial charge >= 0.3 is 0 Å². The van der Waals surface area contributed by atoms with Crippen molar-refractivity contribution in [2.45, 2.75) is 18.8 Å². The van der Waals surface area contributed by atoms with Gasteiger partial charge in [0.1, 0.15) is 0 Å². The van der Waals surface area contributed by atoms with Gasteiger partial charge in [-0.1, -0.05) is 39.7 Å². The van der Waals surface area contributed by atoms with Crippen LogP contribution in [0.1, 0.15) is 21.6 Å². The van der Waals surface area contributed by atoms with Crippen LogP contribution >= 0.6 is 15.9 Å². The zero-order valence-electron chi connectivity index (χ0n) is 8.63. The lowest BCUT2D eigenvalue weighted by Gasteiger charge is -2.20. The molecule has 0 fully saturated rings. The number of rotatable bonds is 2. The molecule has 0 aliphatic carbocycles. The molecule has 0 saturated carbocycles. The van der Waals surface area contributed by atoms with Gasteiger partial charge in [0.25, 0.3) is 0 Å². The minimum Gasteiger partial charge on any atom is -0.293 e. The predicted octanol–water partition coefficient (Wildman–Crippen LogP) is 3.26. The second-order valence-corrected chi connectivity index (χ2v) is 4.53. The Balaban J connectivity index is 3.05. The molecule has 1 nitrogen and oxygen atoms in total. The summed E-state index contributed by atoms with van der Waals surface area (Å²) >= 11 is 3.66. The van der Waals surface area contributed by atoms with Crippen LogP contribution in [0.3, 0.4) is 0 Å². The van der Waals surface area contributed by atoms with Gasteiger partial charge in [0, 0.05) is 0 Å². The Bertz CT molecular complexity index is 294. The number of nitrogens with zero attached hydrogens (tertiary/aromatic N) is 1. The van der Waals surface area contributed by atoms with Crippen LogP contribution in [0.5, 0.6) is 0 Å². The number of hydrogen-bond acceptors (Lipinski definition) is 1. The summed E-state index contributed by atoms with van der Waals surface area (Å²) in [5.74, 6) is 0. The van der Waals surface area contributed by atoms with Gasteiger partial charge in [-0.15, -0.1) is 0 Å². The molecule has 1 rings (SSSR count). The highest BCUT2D eigenvalue weighted by molar-refractivity contribution is 9.09. The maximum Gasteiger partial charge on any atom is 0.0909 e. The smallest absolute Gasteiger partial charge is 0.0909 e. The molecular formula is C11H16BrN. The van der Waals surface area contributed by atoms with E-state index < -0.39 is 0 Å². The summed E-state index contributed by atoms with van der Waals surface area (Å²) in [6.07, 6.45) is 0. The normalized spacial score (nSPS) is 13.4. The summed E-state index contributed by atoms with van der Waals surface area (Å²) in [7, 11) is 4.14. The topological polar surface area (TPSA) is 3.24 Å². The van der Waals surface area contributed by atoms with Crippen molar-refractivity contribution in [3.8, 4) is 0 Å². The highest BCUT2D eigenvalue weighted by Crippen LogP contribution is 2.27. The third-order valence-electron chi connectivity index (χ3n) is 2.14. The standard InChI is InChI=1S/C11H16BrN/c1-8-5-6-9(2)10(7-8)11(12)13(3)4/h5-7,11H,1-4H3. The highest BCUT2D eigenvalue weighted by Gasteiger charge is 2.11. The fourth-order valence-corrected chi connectivity index (χ4v) is 1.79. The number of aryl methyl sites for hydroxylation is 2. The van der Waals surface area contributed by atoms with E-state index in [9.17, 15) is 0 Å². The van der Waals surface area contributed by atoms with E-state index in [4.69, 9.17) is 0 Å². The Morgan fingerprint density at radius 1 is 1.23 bits per heavy atom. The summed E-state index contributed by atoms with van der Waals surface area (Å²) in [6, 6.07) is 6.55. The van der Waals surface area contributed by atoms with E-state index in [1.807, 2.05) is 0 Å². The predicted molar refractivity (Wildman–Crippen MR) is 61.3 cm³/mol. The molecule has 1 unspecified atom stereocenters. The van der Waals surface area contributed by atoms with E-state index in [0.717, 1.165) is 0 Å². The Kier molecular flexibility index (Phi) is 3.51. The van der Waals surface area contributed by atoms with Crippen molar-refractivity contribution in [1.29, 1.82) is 0 Å². The molecule has 0 saturated heterocycles. The summed E-state index contributed by atoms with van der Waals surface area (Å²) < 4.78 is 0. The molecule has 0 aliphatic rings. The van der Waals surface area contributed by atoms with E-state index in [1.165, 1.54) is 16.7 Å². The first-order chi connectivity index (χ1) is 6.02. The van der Waals surface area contributed by atoms with Crippen molar-refractivity contribution in [2.75, 3.05) is 14.1 Å². The minimum absolute atomic E-state index is 0.312. The molecule has 2 heteroatoms. The number of benzene rings is 1. The van der Waals surface area contributed by atoms with E-state index in [0.29, 0.717) is 4.95 Å². The number of hydrogen-bond donors (Lipinski definition) is 0. The van der Waals surface area contributed by atoms with E-state index in [2.05, 4.69) is 67.0 Å². The molecule has 1 atom stereocenters. The number of halogens is 1. The van der Waals surface area contributed by atoms with Gasteiger partial charge in [-0.25, -0.2) is 0 Å². The second kappa shape index (κ2) is 4.25. The van der Waals surface area contributed by atoms with Crippen LogP contribution in [-0.4, -0.2) is 19.0 Å². The van der Waals surface area contributed by atoms with Crippen molar-refractivity contribution in [3.05, 3.63) is 34.9 Å². The lowest BCUT2D eigenvalue weighted by molar-refractivity contribution is 0.397. The SMILES string of the molecule is Cc1ccc(C)c(C(Br)N(C)C)c1. The van der Waals surface area contributed by atoms with Crippen LogP contribution in [-0.2, 0) is 0 Å². The zero-order valence-corrected chi connectivity index (χ0v) is 10.2. The van der Waals surface area contributed by atoms with Crippen LogP contribution in [0.4, 0.5) is 0 Å². The average Bonchev–Trinajstić information content (AvgIpc) is 2.08. The lowest BCUT2D eigenvalue weighted by atomic mass is 10.1. The second-order valence-electron chi connectivity index (χ2n) is 3.66. The lowest BCUT2D eigenvalue weighted by Crippen LogP contribution is -2.15. The summed E-state index contributed by atoms with van der Waals surface area (Å²) in [5.41, 5.74) is 4.00. The summed E-state index contributed by atoms with van der Waals surface area (Å²) in [4.78, 5) is 2.47. The van der Waals surface area contributed by atoms with Crippen molar-refractivity contribution in [1.82, 2.24) is 4.90 Å². The molecule has 0 aromatic heterocycles. The van der Waals surface area contributed by atoms with Crippen molar-refractivity contribution in [2.24, 2.45) is 0 Å². The van der Waals surface area contributed by atoms with Gasteiger partial charge in [-0.2, -0.15) is 0 Å². The van der Waals surface area contributed by atoms with Crippen LogP contribution in [0, 0.1) is 13.8 Å². The van der Waals surface area contributed by atoms with Gasteiger partial charge in [0.05, 0.1) is 4.95 Å². The minimum atomic E-state index is 0.312. The van der Waals surface area contributed by atoms with Gasteiger partial charge in [-0.3, -0.25) is 4.90 Å². The Morgan fingerprint density at radius 2 is 1.85 bits per heavy atom. The maximum absolute atomic E-state index is 3.66. The molecule has 0 radical (unpaired) electrons. The molecule has 0 spiro atoms. The summed E-state index contributed by atoms with van der Waals surface area (Å²) in [6.45, 7) is 4.27. The Hall–Kier alpha value is -0.340. The highest BCUT2D eigenvalue weighted by atomic mass is 79.9. The first kappa shape index (κ1) is 10.7. The molecule has 0 heterocycles. The van der Waals surface area contributed by atoms with E-state index in [1.54, 1.807) is 0 Å². The monoisotopic (exact) mass is 241 g/mol. The molecule has 0 aliphatic heterocycles. The first-order valence-electron chi connectivity index (χ1n) is 4.40. The van der Waals surface area contributed by atoms with Crippen LogP contribution in [0.15, 0.2) is 18.2 Å². The van der Waals surface area contributed by atoms with Crippen molar-refractivity contribution < 1.29 is 0 Å². The third kappa shape index (κ3) is 2.55. The molecule has 0 amide bonds. The molecule has 0 N–H and O–H groups in total. The summed E-state index contributed by atoms with van der Waals surface area (Å²) in [5, 5.41) is 0. The molecule has 72 valence electrons. The van der Waals surface area contributed by atoms with E-state index in [-0.39, 0.29) is 0 Å². The van der Waals surface area contributed by atoms with Gasteiger partial charge < -0.3 is 0 Å². The Labute approximate surface area is 88.9 Å². The van der Waals surface area contributed by atoms with Gasteiger partial charge in [0.15, 0.2) is 0 Å². The Morgan fingerprint density at radius 3 is 2.38 bits per heavy atom. The number of alkyl halides is 1. The maximum atomic E-state index is 3.66. The van der Waals surface area contributed by atoms with Crippen LogP contribution in [0.25, 0.3) is 0 Å². The quantitative estimate of drug-likeness (QED) is 0.568. The van der Waals surface area contributed by atoms with Crippen LogP contribution < -0.4 is 0 Å². The van der Waals surface area contributed by atoms with Gasteiger partial charge in [-0.05, 0) is 39.1 Å². The largest absolute Gasteiger partial charge is 0.293 e. The van der Waals surface area contributed by atoms with Gasteiger partial charge in [0.2, 0.25) is 0 Å². The van der Waals surface area contributed by atoms with Crippen LogP contribution in [0.2, 0.25) is 0 Å². The van der Waals surface area contributed by atoms with Crippen molar-refractivity contribution in [3.63, 3.8) is 0 Å². The first-order valence-corrected chi connectivity index (χ1v) is 5.31. The fourth-order valence-electron chi connectivity index (χ4n) is 1.29. The molecule has 0 bridgehead atoms.